The largest absolute Gasteiger partial charge is 0.356 e. The van der Waals surface area contributed by atoms with Crippen LogP contribution in [0.2, 0.25) is 0 Å². The third-order valence-electron chi connectivity index (χ3n) is 5.64. The summed E-state index contributed by atoms with van der Waals surface area (Å²) in [7, 11) is 0. The van der Waals surface area contributed by atoms with E-state index in [1.165, 1.54) is 53.3 Å². The fourth-order valence-corrected chi connectivity index (χ4v) is 3.92. The Bertz CT molecular complexity index is 1050. The third kappa shape index (κ3) is 4.55. The van der Waals surface area contributed by atoms with Gasteiger partial charge in [-0.2, -0.15) is 5.10 Å². The Morgan fingerprint density at radius 2 is 1.90 bits per heavy atom. The van der Waals surface area contributed by atoms with Gasteiger partial charge < -0.3 is 9.88 Å². The Labute approximate surface area is 168 Å². The first kappa shape index (κ1) is 19.4. The number of hydrogen-bond acceptors (Lipinski definition) is 3. The normalized spacial score (nSPS) is 14.9. The van der Waals surface area contributed by atoms with Gasteiger partial charge in [-0.1, -0.05) is 19.3 Å². The van der Waals surface area contributed by atoms with E-state index in [9.17, 15) is 14.0 Å². The lowest BCUT2D eigenvalue weighted by Gasteiger charge is -2.21. The van der Waals surface area contributed by atoms with Crippen molar-refractivity contribution in [2.45, 2.75) is 45.1 Å². The molecule has 0 radical (unpaired) electrons. The first-order valence-corrected chi connectivity index (χ1v) is 10.2. The van der Waals surface area contributed by atoms with Crippen LogP contribution in [0.15, 0.2) is 47.5 Å². The molecule has 0 saturated heterocycles. The number of rotatable bonds is 6. The van der Waals surface area contributed by atoms with Crippen molar-refractivity contribution >= 4 is 11.4 Å². The van der Waals surface area contributed by atoms with Crippen molar-refractivity contribution in [1.29, 1.82) is 0 Å². The highest BCUT2D eigenvalue weighted by Gasteiger charge is 2.15. The summed E-state index contributed by atoms with van der Waals surface area (Å²) >= 11 is 0. The van der Waals surface area contributed by atoms with E-state index >= 15 is 0 Å². The summed E-state index contributed by atoms with van der Waals surface area (Å²) < 4.78 is 16.2. The molecule has 3 aromatic rings. The van der Waals surface area contributed by atoms with Crippen LogP contribution in [-0.2, 0) is 11.3 Å². The minimum absolute atomic E-state index is 0.0251. The standard InChI is InChI=1S/C22H25FN4O2/c23-18-8-6-17(7-9-18)19-14-20-22(29)26(12-13-27(20)25-19)11-10-21(28)24-15-16-4-2-1-3-5-16/h6-9,12-14,16H,1-5,10-11,15H2,(H,24,28). The fourth-order valence-electron chi connectivity index (χ4n) is 3.92. The molecule has 7 heteroatoms. The van der Waals surface area contributed by atoms with Crippen molar-refractivity contribution in [3.63, 3.8) is 0 Å². The number of carbonyl (C=O) groups excluding carboxylic acids is 1. The molecule has 1 fully saturated rings. The third-order valence-corrected chi connectivity index (χ3v) is 5.64. The van der Waals surface area contributed by atoms with Gasteiger partial charge in [-0.3, -0.25) is 9.59 Å². The molecule has 152 valence electrons. The lowest BCUT2D eigenvalue weighted by atomic mass is 9.89. The number of carbonyl (C=O) groups is 1. The van der Waals surface area contributed by atoms with E-state index in [0.29, 0.717) is 23.7 Å². The van der Waals surface area contributed by atoms with Crippen LogP contribution in [0.5, 0.6) is 0 Å². The van der Waals surface area contributed by atoms with Crippen LogP contribution >= 0.6 is 0 Å². The van der Waals surface area contributed by atoms with Crippen LogP contribution in [0.3, 0.4) is 0 Å². The molecular formula is C22H25FN4O2. The van der Waals surface area contributed by atoms with E-state index < -0.39 is 0 Å². The first-order valence-electron chi connectivity index (χ1n) is 10.2. The van der Waals surface area contributed by atoms with Crippen LogP contribution in [0.25, 0.3) is 16.8 Å². The van der Waals surface area contributed by atoms with Gasteiger partial charge in [0.2, 0.25) is 5.91 Å². The molecule has 0 atom stereocenters. The molecule has 29 heavy (non-hydrogen) atoms. The zero-order valence-corrected chi connectivity index (χ0v) is 16.3. The van der Waals surface area contributed by atoms with Gasteiger partial charge in [0.1, 0.15) is 11.3 Å². The number of aryl methyl sites for hydroxylation is 1. The predicted octanol–water partition coefficient (Wildman–Crippen LogP) is 3.39. The molecule has 2 aromatic heterocycles. The van der Waals surface area contributed by atoms with Crippen molar-refractivity contribution in [2.75, 3.05) is 6.54 Å². The van der Waals surface area contributed by atoms with Crippen molar-refractivity contribution in [3.05, 3.63) is 58.9 Å². The smallest absolute Gasteiger partial charge is 0.276 e. The summed E-state index contributed by atoms with van der Waals surface area (Å²) in [5.41, 5.74) is 1.57. The molecule has 2 heterocycles. The Hall–Kier alpha value is -2.96. The van der Waals surface area contributed by atoms with Gasteiger partial charge in [0.25, 0.3) is 5.56 Å². The van der Waals surface area contributed by atoms with Crippen LogP contribution in [-0.4, -0.2) is 26.6 Å². The summed E-state index contributed by atoms with van der Waals surface area (Å²) in [6.45, 7) is 1.05. The molecule has 1 aromatic carbocycles. The average molecular weight is 396 g/mol. The van der Waals surface area contributed by atoms with E-state index in [1.54, 1.807) is 30.6 Å². The number of nitrogens with one attached hydrogen (secondary N) is 1. The molecule has 1 aliphatic carbocycles. The van der Waals surface area contributed by atoms with Gasteiger partial charge in [0.15, 0.2) is 0 Å². The topological polar surface area (TPSA) is 68.4 Å². The predicted molar refractivity (Wildman–Crippen MR) is 109 cm³/mol. The average Bonchev–Trinajstić information content (AvgIpc) is 3.18. The molecular weight excluding hydrogens is 371 g/mol. The number of fused-ring (bicyclic) bond motifs is 1. The van der Waals surface area contributed by atoms with Crippen LogP contribution in [0.4, 0.5) is 4.39 Å². The molecule has 1 N–H and O–H groups in total. The zero-order valence-electron chi connectivity index (χ0n) is 16.3. The van der Waals surface area contributed by atoms with Crippen molar-refractivity contribution in [1.82, 2.24) is 19.5 Å². The lowest BCUT2D eigenvalue weighted by Crippen LogP contribution is -2.32. The molecule has 6 nitrogen and oxygen atoms in total. The maximum absolute atomic E-state index is 13.1. The van der Waals surface area contributed by atoms with Gasteiger partial charge in [-0.05, 0) is 49.1 Å². The maximum atomic E-state index is 13.1. The van der Waals surface area contributed by atoms with Crippen molar-refractivity contribution in [2.24, 2.45) is 5.92 Å². The van der Waals surface area contributed by atoms with Gasteiger partial charge in [-0.25, -0.2) is 8.91 Å². The summed E-state index contributed by atoms with van der Waals surface area (Å²) in [6.07, 6.45) is 9.79. The van der Waals surface area contributed by atoms with Gasteiger partial charge in [-0.15, -0.1) is 0 Å². The summed E-state index contributed by atoms with van der Waals surface area (Å²) in [5, 5.41) is 7.40. The van der Waals surface area contributed by atoms with E-state index in [2.05, 4.69) is 10.4 Å². The number of halogens is 1. The number of amides is 1. The Morgan fingerprint density at radius 3 is 2.66 bits per heavy atom. The Kier molecular flexibility index (Phi) is 5.74. The molecule has 1 amide bonds. The number of benzene rings is 1. The Morgan fingerprint density at radius 1 is 1.14 bits per heavy atom. The summed E-state index contributed by atoms with van der Waals surface area (Å²) in [5.74, 6) is 0.243. The van der Waals surface area contributed by atoms with Crippen LogP contribution < -0.4 is 10.9 Å². The van der Waals surface area contributed by atoms with E-state index in [-0.39, 0.29) is 23.7 Å². The van der Waals surface area contributed by atoms with Crippen molar-refractivity contribution in [3.8, 4) is 11.3 Å². The fraction of sp³-hybridized carbons (Fsp3) is 0.409. The quantitative estimate of drug-likeness (QED) is 0.694. The van der Waals surface area contributed by atoms with Crippen LogP contribution in [0.1, 0.15) is 38.5 Å². The molecule has 1 saturated carbocycles. The lowest BCUT2D eigenvalue weighted by molar-refractivity contribution is -0.121. The molecule has 0 spiro atoms. The minimum Gasteiger partial charge on any atom is -0.356 e. The molecule has 4 rings (SSSR count). The zero-order chi connectivity index (χ0) is 20.2. The monoisotopic (exact) mass is 396 g/mol. The SMILES string of the molecule is O=C(CCn1ccn2nc(-c3ccc(F)cc3)cc2c1=O)NCC1CCCCC1. The molecule has 1 aliphatic rings. The number of aromatic nitrogens is 3. The van der Waals surface area contributed by atoms with Gasteiger partial charge in [0.05, 0.1) is 5.69 Å². The molecule has 0 aliphatic heterocycles. The second-order valence-corrected chi connectivity index (χ2v) is 7.72. The Balaban J connectivity index is 1.41. The van der Waals surface area contributed by atoms with Crippen LogP contribution in [0, 0.1) is 11.7 Å². The number of hydrogen-bond donors (Lipinski definition) is 1. The van der Waals surface area contributed by atoms with Gasteiger partial charge >= 0.3 is 0 Å². The second kappa shape index (κ2) is 8.59. The number of nitrogens with zero attached hydrogens (tertiary/aromatic N) is 3. The minimum atomic E-state index is -0.318. The van der Waals surface area contributed by atoms with E-state index in [0.717, 1.165) is 12.1 Å². The first-order chi connectivity index (χ1) is 14.1. The highest BCUT2D eigenvalue weighted by atomic mass is 19.1. The molecule has 0 unspecified atom stereocenters. The highest BCUT2D eigenvalue weighted by Crippen LogP contribution is 2.22. The van der Waals surface area contributed by atoms with E-state index in [1.807, 2.05) is 0 Å². The summed E-state index contributed by atoms with van der Waals surface area (Å²) in [6, 6.07) is 7.68. The van der Waals surface area contributed by atoms with E-state index in [4.69, 9.17) is 0 Å². The molecule has 0 bridgehead atoms. The summed E-state index contributed by atoms with van der Waals surface area (Å²) in [4.78, 5) is 24.9. The second-order valence-electron chi connectivity index (χ2n) is 7.72. The van der Waals surface area contributed by atoms with Gasteiger partial charge in [0, 0.05) is 37.5 Å². The van der Waals surface area contributed by atoms with Crippen molar-refractivity contribution < 1.29 is 9.18 Å². The highest BCUT2D eigenvalue weighted by molar-refractivity contribution is 5.75. The maximum Gasteiger partial charge on any atom is 0.276 e.